The van der Waals surface area contributed by atoms with Crippen LogP contribution in [0.15, 0.2) is 31.0 Å². The normalized spacial score (nSPS) is 20.9. The Kier molecular flexibility index (Phi) is 4.85. The lowest BCUT2D eigenvalue weighted by atomic mass is 9.87. The van der Waals surface area contributed by atoms with Gasteiger partial charge in [0, 0.05) is 18.8 Å². The molecule has 23 heavy (non-hydrogen) atoms. The average molecular weight is 314 g/mol. The first-order valence-corrected chi connectivity index (χ1v) is 8.05. The fourth-order valence-electron chi connectivity index (χ4n) is 2.97. The van der Waals surface area contributed by atoms with Crippen molar-refractivity contribution < 1.29 is 4.79 Å². The van der Waals surface area contributed by atoms with Crippen LogP contribution in [0.3, 0.4) is 0 Å². The Balaban J connectivity index is 1.47. The smallest absolute Gasteiger partial charge is 0.315 e. The first-order valence-electron chi connectivity index (χ1n) is 8.05. The lowest BCUT2D eigenvalue weighted by Crippen LogP contribution is -2.43. The third kappa shape index (κ3) is 4.28. The molecular formula is C16H22N6O. The van der Waals surface area contributed by atoms with Gasteiger partial charge in [-0.1, -0.05) is 25.8 Å². The van der Waals surface area contributed by atoms with E-state index in [2.05, 4.69) is 32.6 Å². The SMILES string of the molecule is CC1CCCC(NC(=O)NCc2ccc(-n3cncn3)nc2)C1. The molecule has 2 unspecified atom stereocenters. The van der Waals surface area contributed by atoms with Gasteiger partial charge in [0.15, 0.2) is 5.82 Å². The topological polar surface area (TPSA) is 84.7 Å². The molecule has 1 aliphatic rings. The van der Waals surface area contributed by atoms with Gasteiger partial charge in [0.05, 0.1) is 0 Å². The summed E-state index contributed by atoms with van der Waals surface area (Å²) in [5.74, 6) is 1.40. The van der Waals surface area contributed by atoms with Crippen LogP contribution in [0, 0.1) is 5.92 Å². The van der Waals surface area contributed by atoms with Crippen LogP contribution in [0.1, 0.15) is 38.2 Å². The van der Waals surface area contributed by atoms with E-state index in [9.17, 15) is 4.79 Å². The molecule has 0 bridgehead atoms. The number of carbonyl (C=O) groups is 1. The highest BCUT2D eigenvalue weighted by molar-refractivity contribution is 5.74. The first kappa shape index (κ1) is 15.5. The summed E-state index contributed by atoms with van der Waals surface area (Å²) in [5, 5.41) is 9.98. The number of carbonyl (C=O) groups excluding carboxylic acids is 1. The number of aromatic nitrogens is 4. The van der Waals surface area contributed by atoms with E-state index in [4.69, 9.17) is 0 Å². The molecule has 0 spiro atoms. The number of amides is 2. The predicted molar refractivity (Wildman–Crippen MR) is 85.9 cm³/mol. The van der Waals surface area contributed by atoms with Crippen molar-refractivity contribution in [2.24, 2.45) is 5.92 Å². The van der Waals surface area contributed by atoms with Gasteiger partial charge in [-0.2, -0.15) is 5.10 Å². The van der Waals surface area contributed by atoms with Crippen molar-refractivity contribution in [2.45, 2.75) is 45.2 Å². The number of hydrogen-bond acceptors (Lipinski definition) is 4. The van der Waals surface area contributed by atoms with E-state index in [1.807, 2.05) is 12.1 Å². The van der Waals surface area contributed by atoms with Gasteiger partial charge < -0.3 is 10.6 Å². The fourth-order valence-corrected chi connectivity index (χ4v) is 2.97. The molecule has 1 fully saturated rings. The number of urea groups is 1. The zero-order chi connectivity index (χ0) is 16.1. The van der Waals surface area contributed by atoms with Gasteiger partial charge in [0.25, 0.3) is 0 Å². The summed E-state index contributed by atoms with van der Waals surface area (Å²) in [7, 11) is 0. The molecule has 1 saturated carbocycles. The van der Waals surface area contributed by atoms with Crippen molar-refractivity contribution in [3.8, 4) is 5.82 Å². The van der Waals surface area contributed by atoms with Crippen LogP contribution >= 0.6 is 0 Å². The summed E-state index contributed by atoms with van der Waals surface area (Å²) in [6.07, 6.45) is 9.41. The van der Waals surface area contributed by atoms with E-state index < -0.39 is 0 Å². The van der Waals surface area contributed by atoms with E-state index >= 15 is 0 Å². The number of pyridine rings is 1. The third-order valence-electron chi connectivity index (χ3n) is 4.19. The molecule has 122 valence electrons. The van der Waals surface area contributed by atoms with Crippen LogP contribution in [0.25, 0.3) is 5.82 Å². The molecule has 0 aromatic carbocycles. The largest absolute Gasteiger partial charge is 0.335 e. The standard InChI is InChI=1S/C16H22N6O/c1-12-3-2-4-14(7-12)21-16(23)19-9-13-5-6-15(18-8-13)22-11-17-10-20-22/h5-6,8,10-12,14H,2-4,7,9H2,1H3,(H2,19,21,23). The minimum atomic E-state index is -0.107. The molecule has 0 aliphatic heterocycles. The second kappa shape index (κ2) is 7.21. The molecule has 2 heterocycles. The van der Waals surface area contributed by atoms with Gasteiger partial charge in [-0.25, -0.2) is 19.4 Å². The Hall–Kier alpha value is -2.44. The van der Waals surface area contributed by atoms with Gasteiger partial charge >= 0.3 is 6.03 Å². The number of nitrogens with zero attached hydrogens (tertiary/aromatic N) is 4. The zero-order valence-electron chi connectivity index (χ0n) is 13.3. The van der Waals surface area contributed by atoms with Crippen molar-refractivity contribution in [2.75, 3.05) is 0 Å². The van der Waals surface area contributed by atoms with Gasteiger partial charge in [0.1, 0.15) is 12.7 Å². The second-order valence-corrected chi connectivity index (χ2v) is 6.16. The molecule has 0 radical (unpaired) electrons. The molecule has 1 aliphatic carbocycles. The van der Waals surface area contributed by atoms with Gasteiger partial charge in [0.2, 0.25) is 0 Å². The zero-order valence-corrected chi connectivity index (χ0v) is 13.3. The maximum atomic E-state index is 12.0. The van der Waals surface area contributed by atoms with Gasteiger partial charge in [-0.05, 0) is 30.4 Å². The molecule has 7 nitrogen and oxygen atoms in total. The first-order chi connectivity index (χ1) is 11.2. The summed E-state index contributed by atoms with van der Waals surface area (Å²) < 4.78 is 1.59. The third-order valence-corrected chi connectivity index (χ3v) is 4.19. The number of rotatable bonds is 4. The van der Waals surface area contributed by atoms with Crippen LogP contribution in [0.4, 0.5) is 4.79 Å². The van der Waals surface area contributed by atoms with Crippen LogP contribution < -0.4 is 10.6 Å². The van der Waals surface area contributed by atoms with E-state index in [1.165, 1.54) is 19.2 Å². The molecule has 7 heteroatoms. The minimum absolute atomic E-state index is 0.107. The number of hydrogen-bond donors (Lipinski definition) is 2. The Morgan fingerprint density at radius 1 is 1.39 bits per heavy atom. The molecule has 3 rings (SSSR count). The highest BCUT2D eigenvalue weighted by Crippen LogP contribution is 2.23. The van der Waals surface area contributed by atoms with E-state index in [1.54, 1.807) is 17.2 Å². The summed E-state index contributed by atoms with van der Waals surface area (Å²) in [5.41, 5.74) is 0.945. The minimum Gasteiger partial charge on any atom is -0.335 e. The van der Waals surface area contributed by atoms with E-state index in [0.717, 1.165) is 18.4 Å². The summed E-state index contributed by atoms with van der Waals surface area (Å²) in [4.78, 5) is 20.2. The Labute approximate surface area is 135 Å². The fraction of sp³-hybridized carbons (Fsp3) is 0.500. The second-order valence-electron chi connectivity index (χ2n) is 6.16. The summed E-state index contributed by atoms with van der Waals surface area (Å²) in [6.45, 7) is 2.70. The summed E-state index contributed by atoms with van der Waals surface area (Å²) in [6, 6.07) is 3.97. The maximum Gasteiger partial charge on any atom is 0.315 e. The molecule has 2 amide bonds. The van der Waals surface area contributed by atoms with E-state index in [-0.39, 0.29) is 6.03 Å². The lowest BCUT2D eigenvalue weighted by molar-refractivity contribution is 0.227. The molecule has 2 atom stereocenters. The highest BCUT2D eigenvalue weighted by Gasteiger charge is 2.20. The lowest BCUT2D eigenvalue weighted by Gasteiger charge is -2.27. The highest BCUT2D eigenvalue weighted by atomic mass is 16.2. The van der Waals surface area contributed by atoms with Crippen molar-refractivity contribution in [3.63, 3.8) is 0 Å². The molecular weight excluding hydrogens is 292 g/mol. The van der Waals surface area contributed by atoms with Crippen molar-refractivity contribution in [3.05, 3.63) is 36.5 Å². The van der Waals surface area contributed by atoms with E-state index in [0.29, 0.717) is 24.3 Å². The van der Waals surface area contributed by atoms with Crippen LogP contribution in [-0.4, -0.2) is 31.8 Å². The molecule has 0 saturated heterocycles. The molecule has 2 N–H and O–H groups in total. The van der Waals surface area contributed by atoms with Crippen LogP contribution in [-0.2, 0) is 6.54 Å². The predicted octanol–water partition coefficient (Wildman–Crippen LogP) is 2.04. The monoisotopic (exact) mass is 314 g/mol. The Morgan fingerprint density at radius 3 is 3.00 bits per heavy atom. The van der Waals surface area contributed by atoms with Crippen LogP contribution in [0.2, 0.25) is 0 Å². The maximum absolute atomic E-state index is 12.0. The van der Waals surface area contributed by atoms with Crippen molar-refractivity contribution >= 4 is 6.03 Å². The Bertz CT molecular complexity index is 625. The van der Waals surface area contributed by atoms with Crippen LogP contribution in [0.5, 0.6) is 0 Å². The molecule has 2 aromatic rings. The average Bonchev–Trinajstić information content (AvgIpc) is 3.08. The van der Waals surface area contributed by atoms with Gasteiger partial charge in [-0.15, -0.1) is 0 Å². The number of nitrogens with one attached hydrogen (secondary N) is 2. The summed E-state index contributed by atoms with van der Waals surface area (Å²) >= 11 is 0. The van der Waals surface area contributed by atoms with Gasteiger partial charge in [-0.3, -0.25) is 0 Å². The Morgan fingerprint density at radius 2 is 2.30 bits per heavy atom. The quantitative estimate of drug-likeness (QED) is 0.904. The van der Waals surface area contributed by atoms with Crippen molar-refractivity contribution in [1.82, 2.24) is 30.4 Å². The van der Waals surface area contributed by atoms with Crippen molar-refractivity contribution in [1.29, 1.82) is 0 Å². The molecule has 2 aromatic heterocycles.